The van der Waals surface area contributed by atoms with Crippen molar-refractivity contribution in [2.45, 2.75) is 47.1 Å². The van der Waals surface area contributed by atoms with Crippen LogP contribution in [0.25, 0.3) is 0 Å². The van der Waals surface area contributed by atoms with Gasteiger partial charge >= 0.3 is 0 Å². The normalized spacial score (nSPS) is 13.1. The summed E-state index contributed by atoms with van der Waals surface area (Å²) in [5.41, 5.74) is 1.60. The van der Waals surface area contributed by atoms with Crippen LogP contribution < -0.4 is 5.48 Å². The average Bonchev–Trinajstić information content (AvgIpc) is 1.98. The molecule has 0 radical (unpaired) electrons. The van der Waals surface area contributed by atoms with E-state index in [1.165, 1.54) is 0 Å². The first-order valence-electron chi connectivity index (χ1n) is 4.67. The second kappa shape index (κ2) is 4.20. The average molecular weight is 187 g/mol. The third-order valence-corrected chi connectivity index (χ3v) is 1.70. The fourth-order valence-electron chi connectivity index (χ4n) is 1.20. The number of ketones is 1. The molecule has 0 saturated heterocycles. The quantitative estimate of drug-likeness (QED) is 0.683. The smallest absolute Gasteiger partial charge is 0.171 e. The minimum Gasteiger partial charge on any atom is -0.296 e. The Bertz CT molecular complexity index is 180. The topological polar surface area (TPSA) is 38.3 Å². The molecule has 0 amide bonds. The van der Waals surface area contributed by atoms with Gasteiger partial charge in [0.05, 0.1) is 0 Å². The van der Waals surface area contributed by atoms with Gasteiger partial charge in [-0.25, -0.2) is 5.48 Å². The van der Waals surface area contributed by atoms with Crippen LogP contribution in [0.2, 0.25) is 0 Å². The van der Waals surface area contributed by atoms with Crippen LogP contribution in [0.1, 0.15) is 41.5 Å². The second-order valence-corrected chi connectivity index (χ2v) is 4.69. The van der Waals surface area contributed by atoms with Crippen molar-refractivity contribution in [2.24, 2.45) is 5.41 Å². The van der Waals surface area contributed by atoms with Gasteiger partial charge < -0.3 is 0 Å². The van der Waals surface area contributed by atoms with Crippen LogP contribution >= 0.6 is 0 Å². The largest absolute Gasteiger partial charge is 0.296 e. The molecule has 0 aliphatic heterocycles. The molecule has 0 heterocycles. The summed E-state index contributed by atoms with van der Waals surface area (Å²) in [4.78, 5) is 17.1. The molecule has 0 aliphatic rings. The van der Waals surface area contributed by atoms with E-state index in [1.807, 2.05) is 27.7 Å². The summed E-state index contributed by atoms with van der Waals surface area (Å²) in [6.45, 7) is 11.9. The van der Waals surface area contributed by atoms with Crippen molar-refractivity contribution in [3.05, 3.63) is 0 Å². The van der Waals surface area contributed by atoms with Gasteiger partial charge in [0, 0.05) is 12.0 Å². The highest BCUT2D eigenvalue weighted by atomic mass is 16.7. The van der Waals surface area contributed by atoms with Crippen molar-refractivity contribution in [3.63, 3.8) is 0 Å². The molecule has 0 unspecified atom stereocenters. The van der Waals surface area contributed by atoms with Crippen molar-refractivity contribution in [3.8, 4) is 0 Å². The van der Waals surface area contributed by atoms with E-state index < -0.39 is 5.60 Å². The number of hydrogen-bond donors (Lipinski definition) is 1. The summed E-state index contributed by atoms with van der Waals surface area (Å²) in [5.74, 6) is 0.0981. The zero-order valence-corrected chi connectivity index (χ0v) is 9.52. The van der Waals surface area contributed by atoms with E-state index in [0.29, 0.717) is 6.54 Å². The van der Waals surface area contributed by atoms with Crippen LogP contribution in [-0.4, -0.2) is 17.9 Å². The summed E-state index contributed by atoms with van der Waals surface area (Å²) in [6.07, 6.45) is 0. The highest BCUT2D eigenvalue weighted by molar-refractivity contribution is 5.90. The molecular formula is C10H21NO2. The Kier molecular flexibility index (Phi) is 4.07. The van der Waals surface area contributed by atoms with Crippen LogP contribution in [0, 0.1) is 5.41 Å². The monoisotopic (exact) mass is 187 g/mol. The Morgan fingerprint density at radius 1 is 1.23 bits per heavy atom. The number of hydrogen-bond acceptors (Lipinski definition) is 3. The molecule has 3 nitrogen and oxygen atoms in total. The van der Waals surface area contributed by atoms with Gasteiger partial charge in [-0.1, -0.05) is 27.7 Å². The maximum Gasteiger partial charge on any atom is 0.171 e. The van der Waals surface area contributed by atoms with Crippen LogP contribution in [0.15, 0.2) is 0 Å². The molecule has 78 valence electrons. The van der Waals surface area contributed by atoms with E-state index in [-0.39, 0.29) is 11.2 Å². The minimum absolute atomic E-state index is 0.0981. The van der Waals surface area contributed by atoms with Crippen molar-refractivity contribution in [2.75, 3.05) is 6.54 Å². The molecule has 0 atom stereocenters. The molecule has 0 aromatic carbocycles. The SMILES string of the molecule is CCNOC(C)(C)C(=O)C(C)(C)C. The molecule has 0 spiro atoms. The summed E-state index contributed by atoms with van der Waals surface area (Å²) in [7, 11) is 0. The van der Waals surface area contributed by atoms with Gasteiger partial charge in [-0.05, 0) is 13.8 Å². The molecule has 0 rings (SSSR count). The maximum atomic E-state index is 11.8. The number of carbonyl (C=O) groups is 1. The van der Waals surface area contributed by atoms with E-state index in [1.54, 1.807) is 13.8 Å². The molecule has 0 aliphatic carbocycles. The highest BCUT2D eigenvalue weighted by Gasteiger charge is 2.37. The van der Waals surface area contributed by atoms with Crippen LogP contribution in [0.3, 0.4) is 0 Å². The molecular weight excluding hydrogens is 166 g/mol. The third kappa shape index (κ3) is 3.87. The molecule has 0 saturated carbocycles. The lowest BCUT2D eigenvalue weighted by Gasteiger charge is -2.30. The van der Waals surface area contributed by atoms with E-state index in [0.717, 1.165) is 0 Å². The first kappa shape index (κ1) is 12.6. The lowest BCUT2D eigenvalue weighted by molar-refractivity contribution is -0.158. The first-order chi connectivity index (χ1) is 5.72. The van der Waals surface area contributed by atoms with Crippen molar-refractivity contribution >= 4 is 5.78 Å². The highest BCUT2D eigenvalue weighted by Crippen LogP contribution is 2.24. The zero-order valence-electron chi connectivity index (χ0n) is 9.52. The second-order valence-electron chi connectivity index (χ2n) is 4.69. The van der Waals surface area contributed by atoms with Gasteiger partial charge in [0.15, 0.2) is 5.78 Å². The molecule has 0 aromatic rings. The Balaban J connectivity index is 4.36. The molecule has 1 N–H and O–H groups in total. The molecule has 13 heavy (non-hydrogen) atoms. The van der Waals surface area contributed by atoms with Gasteiger partial charge in [0.2, 0.25) is 0 Å². The number of hydroxylamine groups is 1. The number of carbonyl (C=O) groups excluding carboxylic acids is 1. The van der Waals surface area contributed by atoms with Crippen molar-refractivity contribution < 1.29 is 9.63 Å². The van der Waals surface area contributed by atoms with Crippen LogP contribution in [0.4, 0.5) is 0 Å². The van der Waals surface area contributed by atoms with Crippen molar-refractivity contribution in [1.82, 2.24) is 5.48 Å². The number of nitrogens with one attached hydrogen (secondary N) is 1. The predicted octanol–water partition coefficient (Wildman–Crippen LogP) is 1.92. The van der Waals surface area contributed by atoms with Gasteiger partial charge in [-0.15, -0.1) is 0 Å². The summed E-state index contributed by atoms with van der Waals surface area (Å²) < 4.78 is 0. The summed E-state index contributed by atoms with van der Waals surface area (Å²) in [6, 6.07) is 0. The molecule has 0 fully saturated rings. The Labute approximate surface area is 80.8 Å². The summed E-state index contributed by atoms with van der Waals surface area (Å²) >= 11 is 0. The molecule has 3 heteroatoms. The van der Waals surface area contributed by atoms with E-state index in [9.17, 15) is 4.79 Å². The fraction of sp³-hybridized carbons (Fsp3) is 0.900. The van der Waals surface area contributed by atoms with E-state index >= 15 is 0 Å². The third-order valence-electron chi connectivity index (χ3n) is 1.70. The molecule has 0 bridgehead atoms. The zero-order chi connectivity index (χ0) is 10.7. The Morgan fingerprint density at radius 2 is 1.69 bits per heavy atom. The van der Waals surface area contributed by atoms with Gasteiger partial charge in [0.1, 0.15) is 5.60 Å². The Hall–Kier alpha value is -0.410. The lowest BCUT2D eigenvalue weighted by atomic mass is 9.82. The summed E-state index contributed by atoms with van der Waals surface area (Å²) in [5, 5.41) is 0. The van der Waals surface area contributed by atoms with Crippen molar-refractivity contribution in [1.29, 1.82) is 0 Å². The van der Waals surface area contributed by atoms with Crippen LogP contribution in [0.5, 0.6) is 0 Å². The first-order valence-corrected chi connectivity index (χ1v) is 4.67. The maximum absolute atomic E-state index is 11.8. The van der Waals surface area contributed by atoms with E-state index in [4.69, 9.17) is 4.84 Å². The predicted molar refractivity (Wildman–Crippen MR) is 53.3 cm³/mol. The minimum atomic E-state index is -0.756. The van der Waals surface area contributed by atoms with Gasteiger partial charge in [-0.2, -0.15) is 0 Å². The Morgan fingerprint density at radius 3 is 2.00 bits per heavy atom. The lowest BCUT2D eigenvalue weighted by Crippen LogP contribution is -2.45. The fourth-order valence-corrected chi connectivity index (χ4v) is 1.20. The van der Waals surface area contributed by atoms with Gasteiger partial charge in [-0.3, -0.25) is 9.63 Å². The van der Waals surface area contributed by atoms with Gasteiger partial charge in [0.25, 0.3) is 0 Å². The standard InChI is InChI=1S/C10H21NO2/c1-7-11-13-10(5,6)8(12)9(2,3)4/h11H,7H2,1-6H3. The van der Waals surface area contributed by atoms with Crippen LogP contribution in [-0.2, 0) is 9.63 Å². The van der Waals surface area contributed by atoms with E-state index in [2.05, 4.69) is 5.48 Å². The molecule has 0 aromatic heterocycles. The number of Topliss-reactive ketones (excluding diaryl/α,β-unsaturated/α-hetero) is 1. The number of rotatable bonds is 4.